The van der Waals surface area contributed by atoms with Crippen molar-refractivity contribution in [1.29, 1.82) is 0 Å². The predicted octanol–water partition coefficient (Wildman–Crippen LogP) is 2.55. The van der Waals surface area contributed by atoms with Crippen LogP contribution < -0.4 is 0 Å². The molecule has 1 fully saturated rings. The Balaban J connectivity index is 2.11. The largest absolute Gasteiger partial charge is 0.339 e. The van der Waals surface area contributed by atoms with Crippen molar-refractivity contribution in [1.82, 2.24) is 10.1 Å². The highest BCUT2D eigenvalue weighted by Crippen LogP contribution is 2.28. The van der Waals surface area contributed by atoms with Crippen LogP contribution >= 0.6 is 11.8 Å². The van der Waals surface area contributed by atoms with E-state index in [1.165, 1.54) is 0 Å². The zero-order chi connectivity index (χ0) is 11.4. The molecule has 1 heterocycles. The first-order chi connectivity index (χ1) is 7.81. The fraction of sp³-hybridized carbons (Fsp3) is 0.727. The van der Waals surface area contributed by atoms with Crippen LogP contribution in [0.1, 0.15) is 49.7 Å². The van der Waals surface area contributed by atoms with E-state index >= 15 is 0 Å². The molecular weight excluding hydrogens is 224 g/mol. The van der Waals surface area contributed by atoms with Crippen molar-refractivity contribution in [3.63, 3.8) is 0 Å². The lowest BCUT2D eigenvalue weighted by Gasteiger charge is -2.06. The maximum absolute atomic E-state index is 11.8. The molecule has 0 amide bonds. The van der Waals surface area contributed by atoms with E-state index in [0.29, 0.717) is 18.1 Å². The van der Waals surface area contributed by atoms with Crippen LogP contribution in [0.3, 0.4) is 0 Å². The lowest BCUT2D eigenvalue weighted by molar-refractivity contribution is -0.120. The standard InChI is InChI=1S/C11H16N2O2S/c1-16-7-10-12-11(15-13-10)8-5-3-2-4-6-9(8)14/h8H,2-7H2,1H3. The molecule has 1 saturated carbocycles. The Kier molecular flexibility index (Phi) is 3.98. The number of ketones is 1. The van der Waals surface area contributed by atoms with Gasteiger partial charge in [-0.05, 0) is 19.1 Å². The van der Waals surface area contributed by atoms with Crippen LogP contribution in [0.25, 0.3) is 0 Å². The van der Waals surface area contributed by atoms with Gasteiger partial charge in [0.05, 0.1) is 11.7 Å². The molecule has 1 unspecified atom stereocenters. The molecule has 16 heavy (non-hydrogen) atoms. The first-order valence-corrected chi connectivity index (χ1v) is 7.05. The maximum Gasteiger partial charge on any atom is 0.237 e. The van der Waals surface area contributed by atoms with Crippen LogP contribution in [-0.2, 0) is 10.5 Å². The monoisotopic (exact) mass is 240 g/mol. The molecule has 5 heteroatoms. The number of hydrogen-bond donors (Lipinski definition) is 0. The molecule has 0 saturated heterocycles. The molecule has 0 N–H and O–H groups in total. The fourth-order valence-corrected chi connectivity index (χ4v) is 2.39. The van der Waals surface area contributed by atoms with Gasteiger partial charge in [-0.3, -0.25) is 4.79 Å². The van der Waals surface area contributed by atoms with E-state index in [1.807, 2.05) is 6.26 Å². The lowest BCUT2D eigenvalue weighted by Crippen LogP contribution is -2.10. The topological polar surface area (TPSA) is 56.0 Å². The molecule has 0 aliphatic heterocycles. The zero-order valence-corrected chi connectivity index (χ0v) is 10.3. The Labute approximate surface area is 99.2 Å². The third kappa shape index (κ3) is 2.64. The van der Waals surface area contributed by atoms with Crippen LogP contribution in [0, 0.1) is 0 Å². The summed E-state index contributed by atoms with van der Waals surface area (Å²) < 4.78 is 5.19. The minimum Gasteiger partial charge on any atom is -0.339 e. The number of Topliss-reactive ketones (excluding diaryl/α,β-unsaturated/α-hetero) is 1. The molecule has 0 spiro atoms. The Morgan fingerprint density at radius 2 is 2.31 bits per heavy atom. The number of thioether (sulfide) groups is 1. The van der Waals surface area contributed by atoms with Gasteiger partial charge in [0.2, 0.25) is 5.89 Å². The van der Waals surface area contributed by atoms with Gasteiger partial charge in [0.1, 0.15) is 5.78 Å². The van der Waals surface area contributed by atoms with Gasteiger partial charge in [-0.25, -0.2) is 0 Å². The summed E-state index contributed by atoms with van der Waals surface area (Å²) in [4.78, 5) is 16.1. The van der Waals surface area contributed by atoms with Gasteiger partial charge >= 0.3 is 0 Å². The molecule has 4 nitrogen and oxygen atoms in total. The number of aromatic nitrogens is 2. The highest BCUT2D eigenvalue weighted by Gasteiger charge is 2.27. The van der Waals surface area contributed by atoms with E-state index in [-0.39, 0.29) is 11.7 Å². The first-order valence-electron chi connectivity index (χ1n) is 5.65. The summed E-state index contributed by atoms with van der Waals surface area (Å²) >= 11 is 1.65. The summed E-state index contributed by atoms with van der Waals surface area (Å²) in [6.07, 6.45) is 6.73. The number of hydrogen-bond acceptors (Lipinski definition) is 5. The van der Waals surface area contributed by atoms with E-state index in [9.17, 15) is 4.79 Å². The Bertz CT molecular complexity index is 365. The van der Waals surface area contributed by atoms with Gasteiger partial charge in [-0.2, -0.15) is 16.7 Å². The third-order valence-electron chi connectivity index (χ3n) is 2.86. The minimum absolute atomic E-state index is 0.148. The SMILES string of the molecule is CSCc1noc(C2CCCCCC2=O)n1. The van der Waals surface area contributed by atoms with Crippen LogP contribution in [0.4, 0.5) is 0 Å². The summed E-state index contributed by atoms with van der Waals surface area (Å²) in [5.74, 6) is 2.07. The number of rotatable bonds is 3. The summed E-state index contributed by atoms with van der Waals surface area (Å²) in [5, 5.41) is 3.89. The summed E-state index contributed by atoms with van der Waals surface area (Å²) in [6, 6.07) is 0. The second kappa shape index (κ2) is 5.48. The van der Waals surface area contributed by atoms with Gasteiger partial charge in [0.15, 0.2) is 5.82 Å². The molecule has 2 rings (SSSR count). The van der Waals surface area contributed by atoms with Crippen molar-refractivity contribution in [2.75, 3.05) is 6.26 Å². The van der Waals surface area contributed by atoms with Crippen molar-refractivity contribution in [3.8, 4) is 0 Å². The Hall–Kier alpha value is -0.840. The smallest absolute Gasteiger partial charge is 0.237 e. The summed E-state index contributed by atoms with van der Waals surface area (Å²) in [6.45, 7) is 0. The van der Waals surface area contributed by atoms with Crippen LogP contribution in [0.2, 0.25) is 0 Å². The first kappa shape index (κ1) is 11.6. The fourth-order valence-electron chi connectivity index (χ4n) is 2.02. The maximum atomic E-state index is 11.8. The number of nitrogens with zero attached hydrogens (tertiary/aromatic N) is 2. The highest BCUT2D eigenvalue weighted by molar-refractivity contribution is 7.97. The molecule has 1 aliphatic rings. The van der Waals surface area contributed by atoms with E-state index in [0.717, 1.165) is 31.4 Å². The second-order valence-electron chi connectivity index (χ2n) is 4.10. The van der Waals surface area contributed by atoms with E-state index < -0.39 is 0 Å². The van der Waals surface area contributed by atoms with Crippen molar-refractivity contribution in [2.24, 2.45) is 0 Å². The molecule has 1 aromatic heterocycles. The molecule has 88 valence electrons. The van der Waals surface area contributed by atoms with Crippen molar-refractivity contribution in [3.05, 3.63) is 11.7 Å². The lowest BCUT2D eigenvalue weighted by atomic mass is 9.99. The molecule has 0 aromatic carbocycles. The van der Waals surface area contributed by atoms with Crippen LogP contribution in [0.15, 0.2) is 4.52 Å². The molecule has 0 bridgehead atoms. The Morgan fingerprint density at radius 3 is 3.12 bits per heavy atom. The average molecular weight is 240 g/mol. The summed E-state index contributed by atoms with van der Waals surface area (Å²) in [5.41, 5.74) is 0. The molecule has 1 aromatic rings. The molecular formula is C11H16N2O2S. The quantitative estimate of drug-likeness (QED) is 0.760. The summed E-state index contributed by atoms with van der Waals surface area (Å²) in [7, 11) is 0. The number of carbonyl (C=O) groups excluding carboxylic acids is 1. The van der Waals surface area contributed by atoms with Gasteiger partial charge in [0, 0.05) is 6.42 Å². The van der Waals surface area contributed by atoms with Crippen LogP contribution in [0.5, 0.6) is 0 Å². The average Bonchev–Trinajstić information content (AvgIpc) is 2.61. The van der Waals surface area contributed by atoms with Gasteiger partial charge in [0.25, 0.3) is 0 Å². The third-order valence-corrected chi connectivity index (χ3v) is 3.41. The van der Waals surface area contributed by atoms with Crippen molar-refractivity contribution >= 4 is 17.5 Å². The highest BCUT2D eigenvalue weighted by atomic mass is 32.2. The van der Waals surface area contributed by atoms with Gasteiger partial charge < -0.3 is 4.52 Å². The van der Waals surface area contributed by atoms with E-state index in [4.69, 9.17) is 4.52 Å². The van der Waals surface area contributed by atoms with Crippen LogP contribution in [-0.4, -0.2) is 22.2 Å². The molecule has 0 radical (unpaired) electrons. The van der Waals surface area contributed by atoms with Crippen molar-refractivity contribution in [2.45, 2.75) is 43.8 Å². The Morgan fingerprint density at radius 1 is 1.44 bits per heavy atom. The zero-order valence-electron chi connectivity index (χ0n) is 9.44. The van der Waals surface area contributed by atoms with E-state index in [1.54, 1.807) is 11.8 Å². The number of carbonyl (C=O) groups is 1. The van der Waals surface area contributed by atoms with Gasteiger partial charge in [-0.15, -0.1) is 0 Å². The second-order valence-corrected chi connectivity index (χ2v) is 4.97. The minimum atomic E-state index is -0.148. The normalized spacial score (nSPS) is 22.1. The molecule has 1 atom stereocenters. The van der Waals surface area contributed by atoms with Gasteiger partial charge in [-0.1, -0.05) is 18.0 Å². The van der Waals surface area contributed by atoms with E-state index in [2.05, 4.69) is 10.1 Å². The predicted molar refractivity (Wildman–Crippen MR) is 62.4 cm³/mol. The van der Waals surface area contributed by atoms with Crippen molar-refractivity contribution < 1.29 is 9.32 Å². The molecule has 1 aliphatic carbocycles.